The summed E-state index contributed by atoms with van der Waals surface area (Å²) in [6.45, 7) is 0. The maximum absolute atomic E-state index is 12.7. The fraction of sp³-hybridized carbons (Fsp3) is 0.471. The van der Waals surface area contributed by atoms with Crippen LogP contribution >= 0.6 is 11.6 Å². The number of carbonyl (C=O) groups is 1. The Labute approximate surface area is 130 Å². The monoisotopic (exact) mass is 305 g/mol. The van der Waals surface area contributed by atoms with Crippen LogP contribution in [0, 0.1) is 0 Å². The van der Waals surface area contributed by atoms with Gasteiger partial charge in [0, 0.05) is 6.42 Å². The van der Waals surface area contributed by atoms with E-state index in [9.17, 15) is 4.79 Å². The van der Waals surface area contributed by atoms with E-state index in [1.165, 1.54) is 5.57 Å². The minimum atomic E-state index is -1.17. The fourth-order valence-electron chi connectivity index (χ4n) is 3.47. The minimum Gasteiger partial charge on any atom is -0.429 e. The molecule has 0 radical (unpaired) electrons. The molecule has 3 nitrogen and oxygen atoms in total. The van der Waals surface area contributed by atoms with Crippen molar-refractivity contribution in [3.8, 4) is 0 Å². The van der Waals surface area contributed by atoms with Gasteiger partial charge in [-0.3, -0.25) is 0 Å². The van der Waals surface area contributed by atoms with Crippen LogP contribution in [-0.4, -0.2) is 31.0 Å². The van der Waals surface area contributed by atoms with Crippen LogP contribution < -0.4 is 0 Å². The molecule has 0 saturated carbocycles. The quantitative estimate of drug-likeness (QED) is 0.619. The average Bonchev–Trinajstić information content (AvgIpc) is 2.49. The van der Waals surface area contributed by atoms with E-state index in [4.69, 9.17) is 16.3 Å². The molecule has 3 rings (SSSR count). The van der Waals surface area contributed by atoms with E-state index < -0.39 is 4.87 Å². The molecule has 1 aromatic carbocycles. The zero-order valence-electron chi connectivity index (χ0n) is 12.4. The summed E-state index contributed by atoms with van der Waals surface area (Å²) in [6, 6.07) is 9.39. The van der Waals surface area contributed by atoms with E-state index in [0.29, 0.717) is 0 Å². The zero-order chi connectivity index (χ0) is 15.0. The highest BCUT2D eigenvalue weighted by atomic mass is 35.5. The summed E-state index contributed by atoms with van der Waals surface area (Å²) in [5.74, 6) is 0.492. The molecule has 112 valence electrons. The highest BCUT2D eigenvalue weighted by Crippen LogP contribution is 2.47. The molecular formula is C17H20ClNO2. The molecule has 0 amide bonds. The van der Waals surface area contributed by atoms with Crippen molar-refractivity contribution in [3.63, 3.8) is 0 Å². The molecule has 1 aliphatic carbocycles. The number of hydrogen-bond acceptors (Lipinski definition) is 3. The van der Waals surface area contributed by atoms with Gasteiger partial charge in [-0.25, -0.2) is 4.79 Å². The van der Waals surface area contributed by atoms with Crippen LogP contribution in [0.1, 0.15) is 31.2 Å². The number of allylic oxidation sites excluding steroid dienone is 1. The lowest BCUT2D eigenvalue weighted by Gasteiger charge is -2.44. The SMILES string of the molecule is CN(C)[C@H]1C2=C(CCCC2)OC(=O)[C@]1(Cl)c1ccccc1. The van der Waals surface area contributed by atoms with Crippen LogP contribution in [0.15, 0.2) is 41.7 Å². The lowest BCUT2D eigenvalue weighted by molar-refractivity contribution is -0.147. The Bertz CT molecular complexity index is 582. The molecule has 0 bridgehead atoms. The molecule has 1 aliphatic heterocycles. The van der Waals surface area contributed by atoms with Gasteiger partial charge in [-0.2, -0.15) is 0 Å². The summed E-state index contributed by atoms with van der Waals surface area (Å²) < 4.78 is 5.62. The van der Waals surface area contributed by atoms with Crippen molar-refractivity contribution in [1.82, 2.24) is 4.90 Å². The van der Waals surface area contributed by atoms with Gasteiger partial charge in [0.25, 0.3) is 0 Å². The van der Waals surface area contributed by atoms with Crippen molar-refractivity contribution >= 4 is 17.6 Å². The number of ether oxygens (including phenoxy) is 1. The van der Waals surface area contributed by atoms with E-state index in [2.05, 4.69) is 0 Å². The van der Waals surface area contributed by atoms with Crippen molar-refractivity contribution in [3.05, 3.63) is 47.2 Å². The number of carbonyl (C=O) groups excluding carboxylic acids is 1. The number of benzene rings is 1. The van der Waals surface area contributed by atoms with E-state index in [1.54, 1.807) is 0 Å². The number of halogens is 1. The Hall–Kier alpha value is -1.32. The molecule has 4 heteroatoms. The van der Waals surface area contributed by atoms with Crippen molar-refractivity contribution in [2.45, 2.75) is 36.6 Å². The summed E-state index contributed by atoms with van der Waals surface area (Å²) >= 11 is 6.88. The predicted molar refractivity (Wildman–Crippen MR) is 83.0 cm³/mol. The Morgan fingerprint density at radius 1 is 1.19 bits per heavy atom. The van der Waals surface area contributed by atoms with Gasteiger partial charge in [-0.15, -0.1) is 0 Å². The summed E-state index contributed by atoms with van der Waals surface area (Å²) in [5.41, 5.74) is 1.98. The average molecular weight is 306 g/mol. The lowest BCUT2D eigenvalue weighted by Crippen LogP contribution is -2.54. The van der Waals surface area contributed by atoms with Gasteiger partial charge in [-0.05, 0) is 44.5 Å². The number of hydrogen-bond donors (Lipinski definition) is 0. The van der Waals surface area contributed by atoms with Crippen molar-refractivity contribution in [2.24, 2.45) is 0 Å². The van der Waals surface area contributed by atoms with Gasteiger partial charge in [-0.1, -0.05) is 41.9 Å². The van der Waals surface area contributed by atoms with Gasteiger partial charge in [0.05, 0.1) is 6.04 Å². The highest BCUT2D eigenvalue weighted by Gasteiger charge is 2.54. The molecule has 21 heavy (non-hydrogen) atoms. The van der Waals surface area contributed by atoms with Crippen molar-refractivity contribution in [1.29, 1.82) is 0 Å². The summed E-state index contributed by atoms with van der Waals surface area (Å²) in [4.78, 5) is 13.5. The van der Waals surface area contributed by atoms with Gasteiger partial charge in [0.15, 0.2) is 4.87 Å². The second-order valence-electron chi connectivity index (χ2n) is 5.99. The third kappa shape index (κ3) is 2.29. The number of nitrogens with zero attached hydrogens (tertiary/aromatic N) is 1. The van der Waals surface area contributed by atoms with Gasteiger partial charge >= 0.3 is 5.97 Å². The van der Waals surface area contributed by atoms with Crippen LogP contribution in [0.3, 0.4) is 0 Å². The second-order valence-corrected chi connectivity index (χ2v) is 6.59. The van der Waals surface area contributed by atoms with Crippen LogP contribution in [0.4, 0.5) is 0 Å². The molecule has 1 heterocycles. The number of alkyl halides is 1. The lowest BCUT2D eigenvalue weighted by atomic mass is 9.79. The molecule has 1 aromatic rings. The second kappa shape index (κ2) is 5.47. The maximum Gasteiger partial charge on any atom is 0.338 e. The van der Waals surface area contributed by atoms with E-state index in [1.807, 2.05) is 49.3 Å². The third-order valence-electron chi connectivity index (χ3n) is 4.39. The van der Waals surface area contributed by atoms with E-state index >= 15 is 0 Å². The first kappa shape index (κ1) is 14.6. The molecule has 2 atom stereocenters. The van der Waals surface area contributed by atoms with E-state index in [0.717, 1.165) is 37.0 Å². The molecular weight excluding hydrogens is 286 g/mol. The fourth-order valence-corrected chi connectivity index (χ4v) is 3.96. The van der Waals surface area contributed by atoms with Gasteiger partial charge in [0.2, 0.25) is 0 Å². The highest BCUT2D eigenvalue weighted by molar-refractivity contribution is 6.35. The molecule has 0 unspecified atom stereocenters. The smallest absolute Gasteiger partial charge is 0.338 e. The Balaban J connectivity index is 2.15. The number of likely N-dealkylation sites (N-methyl/N-ethyl adjacent to an activating group) is 1. The molecule has 0 fully saturated rings. The zero-order valence-corrected chi connectivity index (χ0v) is 13.2. The normalized spacial score (nSPS) is 29.3. The molecule has 0 N–H and O–H groups in total. The Morgan fingerprint density at radius 3 is 2.52 bits per heavy atom. The van der Waals surface area contributed by atoms with Gasteiger partial charge < -0.3 is 9.64 Å². The third-order valence-corrected chi connectivity index (χ3v) is 4.97. The van der Waals surface area contributed by atoms with E-state index in [-0.39, 0.29) is 12.0 Å². The molecule has 2 aliphatic rings. The minimum absolute atomic E-state index is 0.155. The number of rotatable bonds is 2. The molecule has 0 spiro atoms. The van der Waals surface area contributed by atoms with Gasteiger partial charge in [0.1, 0.15) is 5.76 Å². The first-order chi connectivity index (χ1) is 10.0. The summed E-state index contributed by atoms with van der Waals surface area (Å²) in [7, 11) is 3.95. The first-order valence-corrected chi connectivity index (χ1v) is 7.78. The topological polar surface area (TPSA) is 29.5 Å². The van der Waals surface area contributed by atoms with Crippen LogP contribution in [-0.2, 0) is 14.4 Å². The maximum atomic E-state index is 12.7. The molecule has 0 saturated heterocycles. The number of esters is 1. The van der Waals surface area contributed by atoms with Crippen LogP contribution in [0.2, 0.25) is 0 Å². The standard InChI is InChI=1S/C17H20ClNO2/c1-19(2)15-13-10-6-7-11-14(13)21-16(20)17(15,18)12-8-4-3-5-9-12/h3-5,8-9,15H,6-7,10-11H2,1-2H3/t15-,17-/m0/s1. The Kier molecular flexibility index (Phi) is 3.80. The van der Waals surface area contributed by atoms with Crippen molar-refractivity contribution in [2.75, 3.05) is 14.1 Å². The summed E-state index contributed by atoms with van der Waals surface area (Å²) in [5, 5.41) is 0. The van der Waals surface area contributed by atoms with Crippen molar-refractivity contribution < 1.29 is 9.53 Å². The summed E-state index contributed by atoms with van der Waals surface area (Å²) in [6.07, 6.45) is 4.00. The largest absolute Gasteiger partial charge is 0.429 e. The molecule has 0 aromatic heterocycles. The Morgan fingerprint density at radius 2 is 1.86 bits per heavy atom. The van der Waals surface area contributed by atoms with Crippen LogP contribution in [0.5, 0.6) is 0 Å². The first-order valence-electron chi connectivity index (χ1n) is 7.40. The predicted octanol–water partition coefficient (Wildman–Crippen LogP) is 3.44. The van der Waals surface area contributed by atoms with Crippen LogP contribution in [0.25, 0.3) is 0 Å².